The summed E-state index contributed by atoms with van der Waals surface area (Å²) in [5, 5.41) is 4.29. The zero-order chi connectivity index (χ0) is 44.7. The van der Waals surface area contributed by atoms with Crippen molar-refractivity contribution < 1.29 is 51.7 Å². The molecule has 8 aliphatic rings. The zero-order valence-corrected chi connectivity index (χ0v) is 40.0. The number of hydrogen-bond donors (Lipinski definition) is 0. The molecule has 11 nitrogen and oxygen atoms in total. The highest BCUT2D eigenvalue weighted by Crippen LogP contribution is 2.53. The van der Waals surface area contributed by atoms with Crippen molar-refractivity contribution in [1.82, 2.24) is 0 Å². The quantitative estimate of drug-likeness (QED) is 0.143. The van der Waals surface area contributed by atoms with Crippen molar-refractivity contribution in [2.45, 2.75) is 175 Å². The smallest absolute Gasteiger partial charge is 0.190 e. The van der Waals surface area contributed by atoms with Crippen LogP contribution in [0.3, 0.4) is 0 Å². The van der Waals surface area contributed by atoms with Crippen LogP contribution in [0.1, 0.15) is 96.3 Å². The number of benzene rings is 4. The van der Waals surface area contributed by atoms with Gasteiger partial charge in [-0.25, -0.2) is 0 Å². The van der Waals surface area contributed by atoms with Crippen molar-refractivity contribution >= 4 is 37.5 Å². The molecular formula is C54H64O11P2. The molecule has 0 bridgehead atoms. The van der Waals surface area contributed by atoms with E-state index in [2.05, 4.69) is 109 Å². The Kier molecular flexibility index (Phi) is 13.5. The van der Waals surface area contributed by atoms with Crippen molar-refractivity contribution in [1.29, 1.82) is 0 Å². The van der Waals surface area contributed by atoms with Gasteiger partial charge in [0.2, 0.25) is 0 Å². The summed E-state index contributed by atoms with van der Waals surface area (Å²) in [5.74, 6) is -2.09. The SMILES string of the molecule is c1ccc(P(O[C@@H]2[C@@H](OP(c3ccccc3)c3ccccc3)[C@H](O[C@@H]3O[C@@H]4COC5(CCCCC5)O[C@H]4[C@@H]4OC5(CCCCC5)O[C@@H]34)O[C@@H]3COC4(CCCCC4)O[C@@H]23)c2ccccc2)cc1. The molecule has 5 heterocycles. The van der Waals surface area contributed by atoms with Crippen LogP contribution in [0.5, 0.6) is 0 Å². The van der Waals surface area contributed by atoms with Crippen molar-refractivity contribution in [2.75, 3.05) is 13.2 Å². The lowest BCUT2D eigenvalue weighted by molar-refractivity contribution is -0.423. The third-order valence-electron chi connectivity index (χ3n) is 15.1. The normalized spacial score (nSPS) is 34.2. The van der Waals surface area contributed by atoms with E-state index in [0.29, 0.717) is 13.2 Å². The maximum atomic E-state index is 7.77. The van der Waals surface area contributed by atoms with Crippen molar-refractivity contribution in [3.63, 3.8) is 0 Å². The van der Waals surface area contributed by atoms with Gasteiger partial charge in [-0.1, -0.05) is 141 Å². The fourth-order valence-electron chi connectivity index (χ4n) is 11.8. The molecule has 4 aromatic rings. The average Bonchev–Trinajstić information content (AvgIpc) is 3.76. The Labute approximate surface area is 397 Å². The standard InChI is InChI=1S/C54H64O11P2/c1-8-22-38(23-9-1)66(39-24-10-2-11-25-39)64-47-45-43(37-56-53(61-45)32-18-6-19-33-53)58-51(49(47)65-67(40-26-12-3-13-27-40)41-28-14-4-15-29-41)59-50-48-46(62-54(63-48)34-20-7-21-35-54)44-42(57-50)36-55-52(60-44)30-16-5-17-31-52/h1-4,8-15,22-29,42-51H,5-7,16-21,30-37H2/t42-,43-,44-,45-,46+,47+,48-,49-,50+,51+/m1/s1. The van der Waals surface area contributed by atoms with E-state index in [9.17, 15) is 0 Å². The van der Waals surface area contributed by atoms with Crippen LogP contribution < -0.4 is 21.2 Å². The van der Waals surface area contributed by atoms with Crippen LogP contribution in [0.15, 0.2) is 121 Å². The summed E-state index contributed by atoms with van der Waals surface area (Å²) in [6.45, 7) is 0.702. The summed E-state index contributed by atoms with van der Waals surface area (Å²) in [7, 11) is -2.83. The monoisotopic (exact) mass is 950 g/mol. The molecule has 10 atom stereocenters. The minimum Gasteiger partial charge on any atom is -0.347 e. The predicted octanol–water partition coefficient (Wildman–Crippen LogP) is 8.92. The molecule has 3 spiro atoms. The molecule has 0 unspecified atom stereocenters. The molecule has 3 aliphatic carbocycles. The van der Waals surface area contributed by atoms with Gasteiger partial charge in [-0.2, -0.15) is 0 Å². The molecular weight excluding hydrogens is 887 g/mol. The van der Waals surface area contributed by atoms with Gasteiger partial charge in [-0.3, -0.25) is 0 Å². The van der Waals surface area contributed by atoms with E-state index in [4.69, 9.17) is 51.7 Å². The molecule has 0 N–H and O–H groups in total. The lowest BCUT2D eigenvalue weighted by Gasteiger charge is -2.55. The third kappa shape index (κ3) is 9.37. The van der Waals surface area contributed by atoms with Crippen LogP contribution in [-0.2, 0) is 51.7 Å². The van der Waals surface area contributed by atoms with E-state index in [1.54, 1.807) is 0 Å². The topological polar surface area (TPSA) is 102 Å². The van der Waals surface area contributed by atoms with Crippen LogP contribution in [0.2, 0.25) is 0 Å². The number of fused-ring (bicyclic) bond motifs is 4. The first kappa shape index (κ1) is 45.4. The van der Waals surface area contributed by atoms with E-state index in [1.165, 1.54) is 6.42 Å². The molecule has 8 fully saturated rings. The second-order valence-corrected chi connectivity index (χ2v) is 23.3. The van der Waals surface area contributed by atoms with Gasteiger partial charge in [0.1, 0.15) is 48.8 Å². The Morgan fingerprint density at radius 1 is 0.373 bits per heavy atom. The minimum atomic E-state index is -1.44. The fourth-order valence-corrected chi connectivity index (χ4v) is 15.6. The Bertz CT molecular complexity index is 2130. The molecule has 0 amide bonds. The first-order valence-corrected chi connectivity index (χ1v) is 27.7. The summed E-state index contributed by atoms with van der Waals surface area (Å²) < 4.78 is 79.3. The molecule has 5 saturated heterocycles. The lowest BCUT2D eigenvalue weighted by atomic mass is 9.90. The van der Waals surface area contributed by atoms with E-state index in [1.807, 2.05) is 12.1 Å². The van der Waals surface area contributed by atoms with Crippen molar-refractivity contribution in [3.05, 3.63) is 121 Å². The number of rotatable bonds is 10. The van der Waals surface area contributed by atoms with Crippen LogP contribution in [0.25, 0.3) is 0 Å². The average molecular weight is 951 g/mol. The van der Waals surface area contributed by atoms with Gasteiger partial charge in [0, 0.05) is 59.7 Å². The maximum Gasteiger partial charge on any atom is 0.190 e. The molecule has 5 aliphatic heterocycles. The Balaban J connectivity index is 0.952. The van der Waals surface area contributed by atoms with Crippen LogP contribution in [0.4, 0.5) is 0 Å². The van der Waals surface area contributed by atoms with E-state index >= 15 is 0 Å². The van der Waals surface area contributed by atoms with Crippen molar-refractivity contribution in [3.8, 4) is 0 Å². The molecule has 0 aromatic heterocycles. The largest absolute Gasteiger partial charge is 0.347 e. The van der Waals surface area contributed by atoms with Gasteiger partial charge >= 0.3 is 0 Å². The minimum absolute atomic E-state index is 0.326. The highest BCUT2D eigenvalue weighted by molar-refractivity contribution is 7.69. The highest BCUT2D eigenvalue weighted by atomic mass is 31.1. The van der Waals surface area contributed by atoms with Gasteiger partial charge in [0.15, 0.2) is 29.9 Å². The Hall–Kier alpha value is -2.70. The zero-order valence-electron chi connectivity index (χ0n) is 38.2. The van der Waals surface area contributed by atoms with Crippen LogP contribution in [-0.4, -0.2) is 92.0 Å². The Morgan fingerprint density at radius 2 is 0.746 bits per heavy atom. The van der Waals surface area contributed by atoms with Gasteiger partial charge in [-0.15, -0.1) is 0 Å². The maximum absolute atomic E-state index is 7.77. The highest BCUT2D eigenvalue weighted by Gasteiger charge is 2.64. The second-order valence-electron chi connectivity index (χ2n) is 19.7. The molecule has 3 saturated carbocycles. The summed E-state index contributed by atoms with van der Waals surface area (Å²) >= 11 is 0. The van der Waals surface area contributed by atoms with Gasteiger partial charge in [-0.05, 0) is 38.5 Å². The van der Waals surface area contributed by atoms with E-state index in [-0.39, 0.29) is 6.10 Å². The molecule has 67 heavy (non-hydrogen) atoms. The Morgan fingerprint density at radius 3 is 1.22 bits per heavy atom. The molecule has 13 heteroatoms. The fraction of sp³-hybridized carbons (Fsp3) is 0.556. The molecule has 4 aromatic carbocycles. The third-order valence-corrected chi connectivity index (χ3v) is 19.1. The first-order valence-electron chi connectivity index (χ1n) is 25.1. The molecule has 0 radical (unpaired) electrons. The van der Waals surface area contributed by atoms with Crippen LogP contribution >= 0.6 is 16.3 Å². The number of hydrogen-bond acceptors (Lipinski definition) is 11. The van der Waals surface area contributed by atoms with E-state index in [0.717, 1.165) is 111 Å². The van der Waals surface area contributed by atoms with E-state index < -0.39 is 89.0 Å². The van der Waals surface area contributed by atoms with Gasteiger partial charge in [0.25, 0.3) is 0 Å². The second kappa shape index (κ2) is 19.8. The lowest BCUT2D eigenvalue weighted by Crippen LogP contribution is -2.69. The van der Waals surface area contributed by atoms with Crippen molar-refractivity contribution in [2.24, 2.45) is 0 Å². The summed E-state index contributed by atoms with van der Waals surface area (Å²) in [6, 6.07) is 42.0. The molecule has 356 valence electrons. The van der Waals surface area contributed by atoms with Gasteiger partial charge in [0.05, 0.1) is 29.5 Å². The summed E-state index contributed by atoms with van der Waals surface area (Å²) in [5.41, 5.74) is 0. The first-order chi connectivity index (χ1) is 33.0. The summed E-state index contributed by atoms with van der Waals surface area (Å²) in [4.78, 5) is 0. The van der Waals surface area contributed by atoms with Crippen LogP contribution in [0, 0.1) is 0 Å². The number of ether oxygens (including phenoxy) is 9. The predicted molar refractivity (Wildman–Crippen MR) is 255 cm³/mol. The summed E-state index contributed by atoms with van der Waals surface area (Å²) in [6.07, 6.45) is 8.52. The molecule has 12 rings (SSSR count). The van der Waals surface area contributed by atoms with Gasteiger partial charge < -0.3 is 51.7 Å².